The minimum Gasteiger partial charge on any atom is -0.389 e. The molecule has 26 heavy (non-hydrogen) atoms. The molecule has 0 aliphatic carbocycles. The molecule has 0 atom stereocenters. The molecule has 0 saturated carbocycles. The lowest BCUT2D eigenvalue weighted by molar-refractivity contribution is -0.112. The van der Waals surface area contributed by atoms with Crippen LogP contribution in [-0.2, 0) is 11.2 Å². The van der Waals surface area contributed by atoms with Crippen LogP contribution in [0.25, 0.3) is 0 Å². The van der Waals surface area contributed by atoms with E-state index in [-0.39, 0.29) is 17.3 Å². The molecule has 134 valence electrons. The van der Waals surface area contributed by atoms with Gasteiger partial charge in [0.2, 0.25) is 0 Å². The summed E-state index contributed by atoms with van der Waals surface area (Å²) in [6.07, 6.45) is 2.07. The van der Waals surface area contributed by atoms with Crippen molar-refractivity contribution < 1.29 is 9.18 Å². The van der Waals surface area contributed by atoms with E-state index >= 15 is 0 Å². The Labute approximate surface area is 153 Å². The number of hydrogen-bond acceptors (Lipinski definition) is 3. The highest BCUT2D eigenvalue weighted by Crippen LogP contribution is 2.23. The van der Waals surface area contributed by atoms with Gasteiger partial charge in [-0.3, -0.25) is 4.79 Å². The first kappa shape index (κ1) is 19.2. The summed E-state index contributed by atoms with van der Waals surface area (Å²) in [5.41, 5.74) is 2.70. The van der Waals surface area contributed by atoms with Crippen molar-refractivity contribution >= 4 is 11.6 Å². The lowest BCUT2D eigenvalue weighted by Crippen LogP contribution is -2.18. The van der Waals surface area contributed by atoms with Gasteiger partial charge in [0.1, 0.15) is 17.5 Å². The van der Waals surface area contributed by atoms with Gasteiger partial charge in [-0.1, -0.05) is 44.2 Å². The Morgan fingerprint density at radius 2 is 1.88 bits per heavy atom. The Kier molecular flexibility index (Phi) is 6.92. The number of benzene rings is 2. The minimum absolute atomic E-state index is 0.00247. The second kappa shape index (κ2) is 9.38. The summed E-state index contributed by atoms with van der Waals surface area (Å²) < 4.78 is 12.9. The molecule has 0 aliphatic rings. The molecule has 0 aliphatic heterocycles. The number of para-hydroxylation sites is 1. The van der Waals surface area contributed by atoms with Gasteiger partial charge in [-0.15, -0.1) is 0 Å². The fraction of sp³-hybridized carbons (Fsp3) is 0.238. The zero-order valence-electron chi connectivity index (χ0n) is 14.9. The number of nitrogens with zero attached hydrogens (tertiary/aromatic N) is 1. The number of carbonyl (C=O) groups excluding carboxylic acids is 1. The molecule has 0 unspecified atom stereocenters. The molecule has 0 radical (unpaired) electrons. The summed E-state index contributed by atoms with van der Waals surface area (Å²) in [5, 5.41) is 15.0. The van der Waals surface area contributed by atoms with Crippen LogP contribution in [0.3, 0.4) is 0 Å². The Morgan fingerprint density at radius 1 is 1.19 bits per heavy atom. The molecule has 0 bridgehead atoms. The van der Waals surface area contributed by atoms with Crippen molar-refractivity contribution in [3.05, 3.63) is 77.2 Å². The molecular weight excluding hydrogens is 329 g/mol. The number of carbonyl (C=O) groups is 1. The molecule has 0 fully saturated rings. The Bertz CT molecular complexity index is 820. The summed E-state index contributed by atoms with van der Waals surface area (Å²) in [4.78, 5) is 12.3. The Balaban J connectivity index is 1.95. The third-order valence-corrected chi connectivity index (χ3v) is 3.91. The summed E-state index contributed by atoms with van der Waals surface area (Å²) in [7, 11) is 0. The van der Waals surface area contributed by atoms with Gasteiger partial charge in [0.05, 0.1) is 0 Å². The van der Waals surface area contributed by atoms with Crippen molar-refractivity contribution in [3.63, 3.8) is 0 Å². The average molecular weight is 351 g/mol. The van der Waals surface area contributed by atoms with Crippen LogP contribution in [0.2, 0.25) is 0 Å². The number of anilines is 1. The van der Waals surface area contributed by atoms with Gasteiger partial charge in [0.15, 0.2) is 0 Å². The number of nitrogens with one attached hydrogen (secondary N) is 2. The normalized spacial score (nSPS) is 11.1. The lowest BCUT2D eigenvalue weighted by Gasteiger charge is -2.13. The summed E-state index contributed by atoms with van der Waals surface area (Å²) in [6.45, 7) is 4.62. The van der Waals surface area contributed by atoms with Crippen LogP contribution in [0, 0.1) is 17.1 Å². The van der Waals surface area contributed by atoms with Crippen LogP contribution in [-0.4, -0.2) is 12.5 Å². The molecule has 4 nitrogen and oxygen atoms in total. The van der Waals surface area contributed by atoms with Gasteiger partial charge in [-0.2, -0.15) is 5.26 Å². The van der Waals surface area contributed by atoms with Crippen LogP contribution in [0.5, 0.6) is 0 Å². The van der Waals surface area contributed by atoms with Gasteiger partial charge in [0.25, 0.3) is 5.91 Å². The second-order valence-corrected chi connectivity index (χ2v) is 6.20. The largest absolute Gasteiger partial charge is 0.389 e. The van der Waals surface area contributed by atoms with Gasteiger partial charge in [-0.05, 0) is 41.7 Å². The van der Waals surface area contributed by atoms with Crippen LogP contribution >= 0.6 is 0 Å². The van der Waals surface area contributed by atoms with Gasteiger partial charge in [0, 0.05) is 18.4 Å². The zero-order chi connectivity index (χ0) is 18.9. The van der Waals surface area contributed by atoms with E-state index in [0.717, 1.165) is 11.1 Å². The smallest absolute Gasteiger partial charge is 0.267 e. The quantitative estimate of drug-likeness (QED) is 0.448. The fourth-order valence-electron chi connectivity index (χ4n) is 2.49. The molecule has 2 aromatic rings. The lowest BCUT2D eigenvalue weighted by atomic mass is 10.0. The molecule has 0 aromatic heterocycles. The minimum atomic E-state index is -0.449. The van der Waals surface area contributed by atoms with Gasteiger partial charge >= 0.3 is 0 Å². The third kappa shape index (κ3) is 5.45. The molecule has 0 saturated heterocycles. The van der Waals surface area contributed by atoms with Crippen LogP contribution in [0.1, 0.15) is 30.9 Å². The van der Waals surface area contributed by atoms with E-state index in [0.29, 0.717) is 18.7 Å². The number of halogens is 1. The maximum Gasteiger partial charge on any atom is 0.267 e. The third-order valence-electron chi connectivity index (χ3n) is 3.91. The first-order chi connectivity index (χ1) is 12.5. The summed E-state index contributed by atoms with van der Waals surface area (Å²) in [6, 6.07) is 15.7. The highest BCUT2D eigenvalue weighted by atomic mass is 19.1. The predicted molar refractivity (Wildman–Crippen MR) is 101 cm³/mol. The monoisotopic (exact) mass is 351 g/mol. The molecule has 0 spiro atoms. The maximum atomic E-state index is 12.9. The molecular formula is C21H22FN3O. The van der Waals surface area contributed by atoms with E-state index in [2.05, 4.69) is 10.6 Å². The van der Waals surface area contributed by atoms with E-state index < -0.39 is 5.91 Å². The van der Waals surface area contributed by atoms with Crippen LogP contribution in [0.4, 0.5) is 10.1 Å². The molecule has 1 amide bonds. The number of amides is 1. The number of hydrogen-bond donors (Lipinski definition) is 2. The Morgan fingerprint density at radius 3 is 2.54 bits per heavy atom. The van der Waals surface area contributed by atoms with E-state index in [1.165, 1.54) is 18.3 Å². The second-order valence-electron chi connectivity index (χ2n) is 6.20. The van der Waals surface area contributed by atoms with Gasteiger partial charge in [-0.25, -0.2) is 4.39 Å². The van der Waals surface area contributed by atoms with E-state index in [9.17, 15) is 14.4 Å². The van der Waals surface area contributed by atoms with Crippen LogP contribution < -0.4 is 10.6 Å². The van der Waals surface area contributed by atoms with Crippen molar-refractivity contribution in [1.29, 1.82) is 5.26 Å². The predicted octanol–water partition coefficient (Wildman–Crippen LogP) is 4.13. The summed E-state index contributed by atoms with van der Waals surface area (Å²) >= 11 is 0. The fourth-order valence-corrected chi connectivity index (χ4v) is 2.49. The van der Waals surface area contributed by atoms with Crippen molar-refractivity contribution in [3.8, 4) is 6.07 Å². The molecule has 5 heteroatoms. The number of rotatable bonds is 7. The molecule has 0 heterocycles. The van der Waals surface area contributed by atoms with E-state index in [1.54, 1.807) is 12.1 Å². The highest BCUT2D eigenvalue weighted by molar-refractivity contribution is 6.06. The highest BCUT2D eigenvalue weighted by Gasteiger charge is 2.12. The molecule has 2 N–H and O–H groups in total. The standard InChI is InChI=1S/C21H22FN3O/c1-15(2)19-5-3-4-6-20(19)25-21(26)17(13-23)14-24-12-11-16-7-9-18(22)10-8-16/h3-10,14-15,24H,11-12H2,1-2H3,(H,25,26)/b17-14-. The molecule has 2 rings (SSSR count). The molecule has 2 aromatic carbocycles. The first-order valence-corrected chi connectivity index (χ1v) is 8.49. The van der Waals surface area contributed by atoms with Crippen LogP contribution in [0.15, 0.2) is 60.3 Å². The maximum absolute atomic E-state index is 12.9. The van der Waals surface area contributed by atoms with E-state index in [4.69, 9.17) is 0 Å². The zero-order valence-corrected chi connectivity index (χ0v) is 14.9. The van der Waals surface area contributed by atoms with Crippen molar-refractivity contribution in [1.82, 2.24) is 5.32 Å². The van der Waals surface area contributed by atoms with Crippen molar-refractivity contribution in [2.24, 2.45) is 0 Å². The SMILES string of the molecule is CC(C)c1ccccc1NC(=O)/C(C#N)=C\NCCc1ccc(F)cc1. The number of nitriles is 1. The topological polar surface area (TPSA) is 64.9 Å². The Hall–Kier alpha value is -3.13. The average Bonchev–Trinajstić information content (AvgIpc) is 2.63. The van der Waals surface area contributed by atoms with Crippen molar-refractivity contribution in [2.45, 2.75) is 26.2 Å². The van der Waals surface area contributed by atoms with E-state index in [1.807, 2.05) is 44.2 Å². The van der Waals surface area contributed by atoms with Crippen molar-refractivity contribution in [2.75, 3.05) is 11.9 Å². The first-order valence-electron chi connectivity index (χ1n) is 8.49. The summed E-state index contributed by atoms with van der Waals surface area (Å²) in [5.74, 6) is -0.462. The van der Waals surface area contributed by atoms with Gasteiger partial charge < -0.3 is 10.6 Å².